The Balaban J connectivity index is 1.29. The van der Waals surface area contributed by atoms with Crippen LogP contribution in [0.25, 0.3) is 33.5 Å². The maximum Gasteiger partial charge on any atom is 0.299 e. The van der Waals surface area contributed by atoms with Crippen LogP contribution in [0.15, 0.2) is 59.8 Å². The maximum absolute atomic E-state index is 5.94. The number of anilines is 1. The van der Waals surface area contributed by atoms with E-state index in [0.717, 1.165) is 53.7 Å². The molecular formula is C24H25N7O. The zero-order valence-electron chi connectivity index (χ0n) is 18.2. The molecule has 5 aromatic heterocycles. The molecule has 6 heterocycles. The molecular weight excluding hydrogens is 402 g/mol. The molecule has 32 heavy (non-hydrogen) atoms. The first-order valence-corrected chi connectivity index (χ1v) is 11.1. The highest BCUT2D eigenvalue weighted by Crippen LogP contribution is 2.44. The molecule has 2 unspecified atom stereocenters. The average molecular weight is 428 g/mol. The van der Waals surface area contributed by atoms with Gasteiger partial charge in [0.1, 0.15) is 17.5 Å². The molecule has 8 nitrogen and oxygen atoms in total. The second kappa shape index (κ2) is 7.19. The van der Waals surface area contributed by atoms with Crippen molar-refractivity contribution in [1.29, 1.82) is 0 Å². The van der Waals surface area contributed by atoms with Crippen LogP contribution in [0.5, 0.6) is 0 Å². The molecule has 0 aliphatic carbocycles. The quantitative estimate of drug-likeness (QED) is 0.432. The number of fused-ring (bicyclic) bond motifs is 2. The molecule has 0 amide bonds. The van der Waals surface area contributed by atoms with Crippen LogP contribution < -0.4 is 4.90 Å². The number of H-pyrrole nitrogens is 1. The van der Waals surface area contributed by atoms with Crippen molar-refractivity contribution in [3.63, 3.8) is 0 Å². The topological polar surface area (TPSA) is 88.7 Å². The van der Waals surface area contributed by atoms with Crippen molar-refractivity contribution in [2.45, 2.75) is 32.7 Å². The predicted octanol–water partition coefficient (Wildman–Crippen LogP) is 4.83. The third kappa shape index (κ3) is 2.97. The molecule has 1 aliphatic heterocycles. The van der Waals surface area contributed by atoms with Gasteiger partial charge in [-0.3, -0.25) is 0 Å². The molecule has 0 saturated carbocycles. The Bertz CT molecular complexity index is 1370. The number of rotatable bonds is 5. The van der Waals surface area contributed by atoms with E-state index in [9.17, 15) is 0 Å². The molecule has 1 aliphatic rings. The van der Waals surface area contributed by atoms with Gasteiger partial charge in [0.05, 0.1) is 5.69 Å². The largest absolute Gasteiger partial charge is 0.404 e. The van der Waals surface area contributed by atoms with Crippen molar-refractivity contribution in [3.05, 3.63) is 55.4 Å². The number of nitrogens with zero attached hydrogens (tertiary/aromatic N) is 6. The summed E-state index contributed by atoms with van der Waals surface area (Å²) in [6, 6.07) is 9.03. The van der Waals surface area contributed by atoms with Crippen LogP contribution in [-0.4, -0.2) is 42.6 Å². The Morgan fingerprint density at radius 3 is 3.03 bits per heavy atom. The van der Waals surface area contributed by atoms with Gasteiger partial charge >= 0.3 is 0 Å². The summed E-state index contributed by atoms with van der Waals surface area (Å²) in [4.78, 5) is 23.2. The van der Waals surface area contributed by atoms with Crippen LogP contribution in [0.2, 0.25) is 0 Å². The van der Waals surface area contributed by atoms with Gasteiger partial charge in [0, 0.05) is 60.3 Å². The molecule has 0 spiro atoms. The summed E-state index contributed by atoms with van der Waals surface area (Å²) in [7, 11) is 0. The molecule has 8 heteroatoms. The van der Waals surface area contributed by atoms with E-state index in [2.05, 4.69) is 66.7 Å². The van der Waals surface area contributed by atoms with Crippen LogP contribution in [0.3, 0.4) is 0 Å². The Kier molecular flexibility index (Phi) is 4.28. The van der Waals surface area contributed by atoms with Crippen molar-refractivity contribution in [1.82, 2.24) is 29.5 Å². The van der Waals surface area contributed by atoms with Gasteiger partial charge in [-0.1, -0.05) is 13.8 Å². The standard InChI is InChI=1S/C24H25N7O/c1-3-19(30-11-7-16(13-30)20-17-6-10-25-21(17)28-15-27-20)24(2)8-12-31(14-24)23-29-18-5-4-9-26-22(18)32-23/h4-7,9-11,13,15,19H,3,8,12,14H2,1-2H3,(H,25,27,28). The number of hydrogen-bond acceptors (Lipinski definition) is 6. The Morgan fingerprint density at radius 2 is 2.16 bits per heavy atom. The van der Waals surface area contributed by atoms with Crippen molar-refractivity contribution in [3.8, 4) is 11.3 Å². The lowest BCUT2D eigenvalue weighted by atomic mass is 9.80. The summed E-state index contributed by atoms with van der Waals surface area (Å²) in [5.74, 6) is 0. The fourth-order valence-corrected chi connectivity index (χ4v) is 5.23. The zero-order valence-corrected chi connectivity index (χ0v) is 18.2. The van der Waals surface area contributed by atoms with E-state index < -0.39 is 0 Å². The van der Waals surface area contributed by atoms with E-state index in [0.29, 0.717) is 17.8 Å². The first kappa shape index (κ1) is 19.0. The normalized spacial score (nSPS) is 19.9. The minimum atomic E-state index is 0.0915. The molecule has 1 N–H and O–H groups in total. The predicted molar refractivity (Wildman–Crippen MR) is 123 cm³/mol. The van der Waals surface area contributed by atoms with Gasteiger partial charge in [0.15, 0.2) is 0 Å². The SMILES string of the molecule is CCC(n1ccc(-c2ncnc3[nH]ccc23)c1)C1(C)CCN(c2nc3cccnc3o2)C1. The fourth-order valence-electron chi connectivity index (χ4n) is 5.23. The highest BCUT2D eigenvalue weighted by atomic mass is 16.4. The number of nitrogens with one attached hydrogen (secondary N) is 1. The van der Waals surface area contributed by atoms with Gasteiger partial charge in [-0.05, 0) is 37.1 Å². The van der Waals surface area contributed by atoms with Crippen molar-refractivity contribution >= 4 is 28.3 Å². The van der Waals surface area contributed by atoms with Gasteiger partial charge < -0.3 is 18.9 Å². The molecule has 0 aromatic carbocycles. The van der Waals surface area contributed by atoms with Crippen LogP contribution in [0, 0.1) is 5.41 Å². The number of pyridine rings is 1. The highest BCUT2D eigenvalue weighted by molar-refractivity contribution is 5.90. The van der Waals surface area contributed by atoms with E-state index in [4.69, 9.17) is 4.42 Å². The average Bonchev–Trinajstić information content (AvgIpc) is 3.59. The summed E-state index contributed by atoms with van der Waals surface area (Å²) in [5.41, 5.74) is 4.42. The molecule has 0 radical (unpaired) electrons. The zero-order chi connectivity index (χ0) is 21.7. The Labute approximate surface area is 185 Å². The monoisotopic (exact) mass is 427 g/mol. The molecule has 1 saturated heterocycles. The third-order valence-corrected chi connectivity index (χ3v) is 6.82. The number of oxazole rings is 1. The van der Waals surface area contributed by atoms with Crippen LogP contribution >= 0.6 is 0 Å². The first-order chi connectivity index (χ1) is 15.6. The second-order valence-electron chi connectivity index (χ2n) is 8.88. The minimum absolute atomic E-state index is 0.0915. The van der Waals surface area contributed by atoms with Crippen molar-refractivity contribution in [2.24, 2.45) is 5.41 Å². The molecule has 2 atom stereocenters. The second-order valence-corrected chi connectivity index (χ2v) is 8.88. The lowest BCUT2D eigenvalue weighted by molar-refractivity contribution is 0.211. The molecule has 162 valence electrons. The van der Waals surface area contributed by atoms with Gasteiger partial charge in [0.25, 0.3) is 6.01 Å². The summed E-state index contributed by atoms with van der Waals surface area (Å²) in [6.07, 6.45) is 11.8. The smallest absolute Gasteiger partial charge is 0.299 e. The van der Waals surface area contributed by atoms with Gasteiger partial charge in [0.2, 0.25) is 5.71 Å². The van der Waals surface area contributed by atoms with Gasteiger partial charge in [-0.15, -0.1) is 0 Å². The molecule has 6 rings (SSSR count). The Hall–Kier alpha value is -3.68. The van der Waals surface area contributed by atoms with E-state index in [-0.39, 0.29) is 5.41 Å². The summed E-state index contributed by atoms with van der Waals surface area (Å²) < 4.78 is 8.29. The summed E-state index contributed by atoms with van der Waals surface area (Å²) in [5, 5.41) is 1.04. The molecule has 1 fully saturated rings. The van der Waals surface area contributed by atoms with Gasteiger partial charge in [-0.25, -0.2) is 15.0 Å². The van der Waals surface area contributed by atoms with Crippen LogP contribution in [-0.2, 0) is 0 Å². The minimum Gasteiger partial charge on any atom is -0.404 e. The number of aromatic nitrogens is 6. The first-order valence-electron chi connectivity index (χ1n) is 11.1. The van der Waals surface area contributed by atoms with Crippen molar-refractivity contribution in [2.75, 3.05) is 18.0 Å². The van der Waals surface area contributed by atoms with E-state index in [1.54, 1.807) is 12.5 Å². The van der Waals surface area contributed by atoms with Gasteiger partial charge in [-0.2, -0.15) is 4.98 Å². The van der Waals surface area contributed by atoms with E-state index in [1.807, 2.05) is 24.4 Å². The number of aromatic amines is 1. The highest BCUT2D eigenvalue weighted by Gasteiger charge is 2.42. The lowest BCUT2D eigenvalue weighted by Gasteiger charge is -2.34. The van der Waals surface area contributed by atoms with Crippen LogP contribution in [0.1, 0.15) is 32.7 Å². The van der Waals surface area contributed by atoms with Crippen LogP contribution in [0.4, 0.5) is 6.01 Å². The van der Waals surface area contributed by atoms with E-state index >= 15 is 0 Å². The number of hydrogen-bond donors (Lipinski definition) is 1. The molecule has 0 bridgehead atoms. The summed E-state index contributed by atoms with van der Waals surface area (Å²) in [6.45, 7) is 6.44. The Morgan fingerprint density at radius 1 is 1.22 bits per heavy atom. The van der Waals surface area contributed by atoms with E-state index in [1.165, 1.54) is 0 Å². The summed E-state index contributed by atoms with van der Waals surface area (Å²) >= 11 is 0. The fraction of sp³-hybridized carbons (Fsp3) is 0.333. The maximum atomic E-state index is 5.94. The lowest BCUT2D eigenvalue weighted by Crippen LogP contribution is -2.33. The molecule has 5 aromatic rings. The third-order valence-electron chi connectivity index (χ3n) is 6.82. The van der Waals surface area contributed by atoms with Crippen molar-refractivity contribution < 1.29 is 4.42 Å².